The quantitative estimate of drug-likeness (QED) is 0.739. The summed E-state index contributed by atoms with van der Waals surface area (Å²) in [7, 11) is 0. The van der Waals surface area contributed by atoms with Crippen molar-refractivity contribution in [2.45, 2.75) is 40.7 Å². The molecule has 2 aromatic rings. The molecule has 0 aromatic heterocycles. The summed E-state index contributed by atoms with van der Waals surface area (Å²) in [6, 6.07) is 12.8. The van der Waals surface area contributed by atoms with Crippen LogP contribution in [-0.2, 0) is 0 Å². The van der Waals surface area contributed by atoms with Crippen LogP contribution in [-0.4, -0.2) is 11.8 Å². The van der Waals surface area contributed by atoms with Crippen molar-refractivity contribution in [2.24, 2.45) is 5.92 Å². The Labute approximate surface area is 132 Å². The van der Waals surface area contributed by atoms with Gasteiger partial charge in [0.25, 0.3) is 0 Å². The Hall–Kier alpha value is -2.09. The first-order valence-corrected chi connectivity index (χ1v) is 7.91. The van der Waals surface area contributed by atoms with Crippen molar-refractivity contribution in [1.29, 1.82) is 0 Å². The van der Waals surface area contributed by atoms with Crippen LogP contribution in [0.4, 0.5) is 11.4 Å². The number of rotatable bonds is 1. The molecule has 2 nitrogen and oxygen atoms in total. The van der Waals surface area contributed by atoms with Gasteiger partial charge in [-0.3, -0.25) is 4.79 Å². The SMILES string of the molecule is Cc1ccc2c(c1)N(c1ccc(C)c(C)c1)C(C)C(C)C2=O. The molecule has 1 heterocycles. The van der Waals surface area contributed by atoms with Gasteiger partial charge < -0.3 is 4.90 Å². The number of fused-ring (bicyclic) bond motifs is 1. The van der Waals surface area contributed by atoms with Crippen LogP contribution >= 0.6 is 0 Å². The standard InChI is InChI=1S/C20H23NO/c1-12-6-9-18-19(10-12)21(16(5)15(4)20(18)22)17-8-7-13(2)14(3)11-17/h6-11,15-16H,1-5H3. The number of hydrogen-bond donors (Lipinski definition) is 0. The minimum atomic E-state index is -0.00295. The van der Waals surface area contributed by atoms with Gasteiger partial charge in [0.15, 0.2) is 5.78 Å². The summed E-state index contributed by atoms with van der Waals surface area (Å²) in [5, 5.41) is 0. The van der Waals surface area contributed by atoms with E-state index in [9.17, 15) is 4.79 Å². The molecule has 2 unspecified atom stereocenters. The molecule has 0 radical (unpaired) electrons. The molecule has 2 aromatic carbocycles. The number of benzene rings is 2. The molecule has 0 N–H and O–H groups in total. The highest BCUT2D eigenvalue weighted by Gasteiger charge is 2.35. The largest absolute Gasteiger partial charge is 0.337 e. The first-order valence-electron chi connectivity index (χ1n) is 7.91. The Balaban J connectivity index is 2.21. The molecule has 0 bridgehead atoms. The lowest BCUT2D eigenvalue weighted by atomic mass is 9.85. The molecule has 2 atom stereocenters. The lowest BCUT2D eigenvalue weighted by Crippen LogP contribution is -2.42. The first-order chi connectivity index (χ1) is 10.4. The molecular formula is C20H23NO. The smallest absolute Gasteiger partial charge is 0.169 e. The van der Waals surface area contributed by atoms with E-state index < -0.39 is 0 Å². The average molecular weight is 293 g/mol. The van der Waals surface area contributed by atoms with Crippen LogP contribution in [0.25, 0.3) is 0 Å². The number of anilines is 2. The third-order valence-corrected chi connectivity index (χ3v) is 4.99. The molecule has 0 aliphatic carbocycles. The lowest BCUT2D eigenvalue weighted by molar-refractivity contribution is 0.0908. The van der Waals surface area contributed by atoms with Crippen LogP contribution in [0.5, 0.6) is 0 Å². The third-order valence-electron chi connectivity index (χ3n) is 4.99. The van der Waals surface area contributed by atoms with Crippen LogP contribution in [0.1, 0.15) is 40.9 Å². The van der Waals surface area contributed by atoms with Gasteiger partial charge in [-0.05, 0) is 68.7 Å². The number of Topliss-reactive ketones (excluding diaryl/α,β-unsaturated/α-hetero) is 1. The number of carbonyl (C=O) groups is 1. The van der Waals surface area contributed by atoms with Crippen LogP contribution < -0.4 is 4.90 Å². The highest BCUT2D eigenvalue weighted by Crippen LogP contribution is 2.40. The van der Waals surface area contributed by atoms with E-state index in [-0.39, 0.29) is 17.7 Å². The Morgan fingerprint density at radius 2 is 1.64 bits per heavy atom. The van der Waals surface area contributed by atoms with Crippen molar-refractivity contribution in [2.75, 3.05) is 4.90 Å². The molecule has 114 valence electrons. The molecule has 0 spiro atoms. The van der Waals surface area contributed by atoms with Gasteiger partial charge in [-0.25, -0.2) is 0 Å². The molecule has 2 heteroatoms. The van der Waals surface area contributed by atoms with E-state index in [1.54, 1.807) is 0 Å². The van der Waals surface area contributed by atoms with Crippen molar-refractivity contribution < 1.29 is 4.79 Å². The monoisotopic (exact) mass is 293 g/mol. The summed E-state index contributed by atoms with van der Waals surface area (Å²) in [6.07, 6.45) is 0. The number of aryl methyl sites for hydroxylation is 3. The van der Waals surface area contributed by atoms with Crippen LogP contribution in [0.2, 0.25) is 0 Å². The van der Waals surface area contributed by atoms with Gasteiger partial charge in [0, 0.05) is 23.2 Å². The van der Waals surface area contributed by atoms with Crippen molar-refractivity contribution in [3.05, 3.63) is 58.7 Å². The fraction of sp³-hybridized carbons (Fsp3) is 0.350. The van der Waals surface area contributed by atoms with Crippen LogP contribution in [0.15, 0.2) is 36.4 Å². The molecule has 22 heavy (non-hydrogen) atoms. The number of hydrogen-bond acceptors (Lipinski definition) is 2. The summed E-state index contributed by atoms with van der Waals surface area (Å²) in [6.45, 7) is 10.5. The van der Waals surface area contributed by atoms with E-state index in [2.05, 4.69) is 56.9 Å². The third kappa shape index (κ3) is 2.23. The minimum Gasteiger partial charge on any atom is -0.337 e. The second kappa shape index (κ2) is 5.28. The molecule has 0 amide bonds. The summed E-state index contributed by atoms with van der Waals surface area (Å²) in [4.78, 5) is 14.9. The summed E-state index contributed by atoms with van der Waals surface area (Å²) in [5.74, 6) is 0.249. The molecule has 0 fully saturated rings. The molecule has 1 aliphatic heterocycles. The maximum atomic E-state index is 12.6. The average Bonchev–Trinajstić information content (AvgIpc) is 2.48. The van der Waals surface area contributed by atoms with E-state index >= 15 is 0 Å². The zero-order chi connectivity index (χ0) is 16.0. The van der Waals surface area contributed by atoms with Crippen molar-refractivity contribution >= 4 is 17.2 Å². The van der Waals surface area contributed by atoms with Gasteiger partial charge in [-0.1, -0.05) is 19.1 Å². The topological polar surface area (TPSA) is 20.3 Å². The maximum Gasteiger partial charge on any atom is 0.169 e. The van der Waals surface area contributed by atoms with Gasteiger partial charge >= 0.3 is 0 Å². The zero-order valence-electron chi connectivity index (χ0n) is 14.0. The second-order valence-corrected chi connectivity index (χ2v) is 6.55. The normalized spacial score (nSPS) is 21.0. The lowest BCUT2D eigenvalue weighted by Gasteiger charge is -2.40. The van der Waals surface area contributed by atoms with Crippen LogP contribution in [0.3, 0.4) is 0 Å². The maximum absolute atomic E-state index is 12.6. The van der Waals surface area contributed by atoms with Gasteiger partial charge in [0.1, 0.15) is 0 Å². The Morgan fingerprint density at radius 1 is 0.909 bits per heavy atom. The van der Waals surface area contributed by atoms with Crippen molar-refractivity contribution in [1.82, 2.24) is 0 Å². The van der Waals surface area contributed by atoms with Gasteiger partial charge in [-0.15, -0.1) is 0 Å². The number of ketones is 1. The predicted octanol–water partition coefficient (Wildman–Crippen LogP) is 4.97. The van der Waals surface area contributed by atoms with E-state index in [0.717, 1.165) is 11.3 Å². The molecular weight excluding hydrogens is 270 g/mol. The Kier molecular flexibility index (Phi) is 3.56. The molecule has 1 aliphatic rings. The van der Waals surface area contributed by atoms with Gasteiger partial charge in [-0.2, -0.15) is 0 Å². The summed E-state index contributed by atoms with van der Waals surface area (Å²) < 4.78 is 0. The number of carbonyl (C=O) groups excluding carboxylic acids is 1. The highest BCUT2D eigenvalue weighted by atomic mass is 16.1. The second-order valence-electron chi connectivity index (χ2n) is 6.55. The van der Waals surface area contributed by atoms with E-state index in [0.29, 0.717) is 0 Å². The molecule has 0 saturated heterocycles. The first kappa shape index (κ1) is 14.8. The van der Waals surface area contributed by atoms with E-state index in [4.69, 9.17) is 0 Å². The fourth-order valence-corrected chi connectivity index (χ4v) is 3.21. The van der Waals surface area contributed by atoms with Crippen LogP contribution in [0, 0.1) is 26.7 Å². The molecule has 0 saturated carbocycles. The van der Waals surface area contributed by atoms with E-state index in [1.807, 2.05) is 19.1 Å². The zero-order valence-corrected chi connectivity index (χ0v) is 14.0. The Bertz CT molecular complexity index is 747. The predicted molar refractivity (Wildman–Crippen MR) is 92.2 cm³/mol. The molecule has 3 rings (SSSR count). The minimum absolute atomic E-state index is 0.00295. The van der Waals surface area contributed by atoms with Gasteiger partial charge in [0.05, 0.1) is 5.69 Å². The Morgan fingerprint density at radius 3 is 2.32 bits per heavy atom. The van der Waals surface area contributed by atoms with E-state index in [1.165, 1.54) is 22.4 Å². The van der Waals surface area contributed by atoms with Crippen molar-refractivity contribution in [3.8, 4) is 0 Å². The number of nitrogens with zero attached hydrogens (tertiary/aromatic N) is 1. The summed E-state index contributed by atoms with van der Waals surface area (Å²) in [5.41, 5.74) is 6.81. The van der Waals surface area contributed by atoms with Crippen molar-refractivity contribution in [3.63, 3.8) is 0 Å². The van der Waals surface area contributed by atoms with Gasteiger partial charge in [0.2, 0.25) is 0 Å². The highest BCUT2D eigenvalue weighted by molar-refractivity contribution is 6.06. The fourth-order valence-electron chi connectivity index (χ4n) is 3.21. The summed E-state index contributed by atoms with van der Waals surface area (Å²) >= 11 is 0.